The van der Waals surface area contributed by atoms with Crippen molar-refractivity contribution in [1.29, 1.82) is 0 Å². The molecule has 1 aliphatic rings. The molecule has 0 N–H and O–H groups in total. The zero-order valence-electron chi connectivity index (χ0n) is 13.1. The van der Waals surface area contributed by atoms with E-state index in [1.807, 2.05) is 24.3 Å². The Balaban J connectivity index is 1.66. The Bertz CT molecular complexity index is 864. The summed E-state index contributed by atoms with van der Waals surface area (Å²) in [6.07, 6.45) is 0.760. The third kappa shape index (κ3) is 4.16. The van der Waals surface area contributed by atoms with Crippen molar-refractivity contribution >= 4 is 27.3 Å². The third-order valence-electron chi connectivity index (χ3n) is 4.10. The van der Waals surface area contributed by atoms with Crippen LogP contribution in [-0.4, -0.2) is 31.5 Å². The molecule has 0 unspecified atom stereocenters. The van der Waals surface area contributed by atoms with Gasteiger partial charge in [0.1, 0.15) is 5.75 Å². The highest BCUT2D eigenvalue weighted by molar-refractivity contribution is 7.91. The molecule has 2 aromatic rings. The molecule has 24 heavy (non-hydrogen) atoms. The van der Waals surface area contributed by atoms with Crippen LogP contribution in [0.5, 0.6) is 0 Å². The van der Waals surface area contributed by atoms with Crippen LogP contribution in [0.3, 0.4) is 0 Å². The van der Waals surface area contributed by atoms with E-state index in [4.69, 9.17) is 11.6 Å². The van der Waals surface area contributed by atoms with Crippen molar-refractivity contribution in [3.8, 4) is 0 Å². The van der Waals surface area contributed by atoms with Gasteiger partial charge in [0.15, 0.2) is 9.84 Å². The number of hydrogen-bond donors (Lipinski definition) is 0. The van der Waals surface area contributed by atoms with Crippen LogP contribution in [0.4, 0.5) is 0 Å². The molecule has 4 nitrogen and oxygen atoms in total. The molecule has 0 aliphatic carbocycles. The fourth-order valence-corrected chi connectivity index (χ4v) is 4.48. The molecule has 1 aliphatic heterocycles. The van der Waals surface area contributed by atoms with E-state index >= 15 is 0 Å². The molecular formula is C18H18ClNO3S. The van der Waals surface area contributed by atoms with Gasteiger partial charge in [0, 0.05) is 18.1 Å². The van der Waals surface area contributed by atoms with Crippen molar-refractivity contribution < 1.29 is 13.2 Å². The van der Waals surface area contributed by atoms with E-state index in [-0.39, 0.29) is 11.7 Å². The average molecular weight is 364 g/mol. The smallest absolute Gasteiger partial charge is 0.238 e. The van der Waals surface area contributed by atoms with Gasteiger partial charge in [-0.25, -0.2) is 8.42 Å². The SMILES string of the molecule is O=C(CS(=O)(=O)Cc1cccc(Cl)c1)N1CCc2ccccc2C1. The van der Waals surface area contributed by atoms with Crippen molar-refractivity contribution in [3.05, 3.63) is 70.2 Å². The van der Waals surface area contributed by atoms with Gasteiger partial charge in [0.2, 0.25) is 5.91 Å². The Morgan fingerprint density at radius 1 is 1.08 bits per heavy atom. The normalized spacial score (nSPS) is 14.3. The summed E-state index contributed by atoms with van der Waals surface area (Å²) in [6.45, 7) is 1.03. The van der Waals surface area contributed by atoms with E-state index in [2.05, 4.69) is 0 Å². The number of benzene rings is 2. The molecule has 0 fully saturated rings. The van der Waals surface area contributed by atoms with Gasteiger partial charge >= 0.3 is 0 Å². The Morgan fingerprint density at radius 2 is 1.83 bits per heavy atom. The van der Waals surface area contributed by atoms with Gasteiger partial charge in [0.25, 0.3) is 0 Å². The zero-order chi connectivity index (χ0) is 17.2. The molecule has 0 spiro atoms. The number of rotatable bonds is 4. The minimum Gasteiger partial charge on any atom is -0.337 e. The predicted molar refractivity (Wildman–Crippen MR) is 94.5 cm³/mol. The van der Waals surface area contributed by atoms with Crippen molar-refractivity contribution in [2.75, 3.05) is 12.3 Å². The van der Waals surface area contributed by atoms with E-state index in [0.29, 0.717) is 23.7 Å². The first kappa shape index (κ1) is 17.0. The lowest BCUT2D eigenvalue weighted by Crippen LogP contribution is -2.39. The monoisotopic (exact) mass is 363 g/mol. The molecule has 1 amide bonds. The molecule has 0 aromatic heterocycles. The summed E-state index contributed by atoms with van der Waals surface area (Å²) in [5.41, 5.74) is 2.91. The lowest BCUT2D eigenvalue weighted by Gasteiger charge is -2.28. The van der Waals surface area contributed by atoms with Crippen LogP contribution < -0.4 is 0 Å². The molecular weight excluding hydrogens is 346 g/mol. The van der Waals surface area contributed by atoms with Gasteiger partial charge in [-0.15, -0.1) is 0 Å². The molecule has 0 radical (unpaired) electrons. The van der Waals surface area contributed by atoms with Crippen molar-refractivity contribution in [3.63, 3.8) is 0 Å². The Labute approximate surface area is 147 Å². The van der Waals surface area contributed by atoms with Crippen LogP contribution in [0, 0.1) is 0 Å². The fraction of sp³-hybridized carbons (Fsp3) is 0.278. The zero-order valence-corrected chi connectivity index (χ0v) is 14.7. The molecule has 3 rings (SSSR count). The van der Waals surface area contributed by atoms with E-state index in [1.54, 1.807) is 29.2 Å². The fourth-order valence-electron chi connectivity index (χ4n) is 2.92. The maximum Gasteiger partial charge on any atom is 0.238 e. The average Bonchev–Trinajstić information content (AvgIpc) is 2.53. The van der Waals surface area contributed by atoms with E-state index in [0.717, 1.165) is 12.0 Å². The highest BCUT2D eigenvalue weighted by Crippen LogP contribution is 2.19. The lowest BCUT2D eigenvalue weighted by molar-refractivity contribution is -0.129. The van der Waals surface area contributed by atoms with Crippen LogP contribution in [0.2, 0.25) is 5.02 Å². The first-order valence-electron chi connectivity index (χ1n) is 7.72. The molecule has 0 saturated carbocycles. The number of fused-ring (bicyclic) bond motifs is 1. The van der Waals surface area contributed by atoms with Gasteiger partial charge in [-0.1, -0.05) is 48.0 Å². The van der Waals surface area contributed by atoms with Crippen LogP contribution in [0.1, 0.15) is 16.7 Å². The topological polar surface area (TPSA) is 54.5 Å². The summed E-state index contributed by atoms with van der Waals surface area (Å²) in [7, 11) is -3.53. The first-order valence-corrected chi connectivity index (χ1v) is 9.92. The maximum absolute atomic E-state index is 12.4. The number of amides is 1. The minimum atomic E-state index is -3.53. The second-order valence-corrected chi connectivity index (χ2v) is 8.50. The van der Waals surface area contributed by atoms with Gasteiger partial charge in [-0.05, 0) is 35.2 Å². The minimum absolute atomic E-state index is 0.177. The molecule has 2 aromatic carbocycles. The van der Waals surface area contributed by atoms with Crippen LogP contribution in [0.25, 0.3) is 0 Å². The second-order valence-electron chi connectivity index (χ2n) is 6.00. The quantitative estimate of drug-likeness (QED) is 0.839. The number of hydrogen-bond acceptors (Lipinski definition) is 3. The van der Waals surface area contributed by atoms with E-state index < -0.39 is 15.6 Å². The standard InChI is InChI=1S/C18H18ClNO3S/c19-17-7-3-4-14(10-17)12-24(22,23)13-18(21)20-9-8-15-5-1-2-6-16(15)11-20/h1-7,10H,8-9,11-13H2. The summed E-state index contributed by atoms with van der Waals surface area (Å²) in [5.74, 6) is -0.989. The summed E-state index contributed by atoms with van der Waals surface area (Å²) in [6, 6.07) is 14.6. The number of nitrogens with zero attached hydrogens (tertiary/aromatic N) is 1. The Kier molecular flexibility index (Phi) is 4.92. The molecule has 1 heterocycles. The van der Waals surface area contributed by atoms with Gasteiger partial charge < -0.3 is 4.90 Å². The van der Waals surface area contributed by atoms with E-state index in [9.17, 15) is 13.2 Å². The Morgan fingerprint density at radius 3 is 2.58 bits per heavy atom. The number of carbonyl (C=O) groups excluding carboxylic acids is 1. The summed E-state index contributed by atoms with van der Waals surface area (Å²) >= 11 is 5.88. The Hall–Kier alpha value is -1.85. The maximum atomic E-state index is 12.4. The molecule has 0 atom stereocenters. The number of halogens is 1. The summed E-state index contributed by atoms with van der Waals surface area (Å²) in [5, 5.41) is 0.488. The number of sulfone groups is 1. The van der Waals surface area contributed by atoms with Crippen molar-refractivity contribution in [2.45, 2.75) is 18.7 Å². The van der Waals surface area contributed by atoms with Gasteiger partial charge in [-0.2, -0.15) is 0 Å². The lowest BCUT2D eigenvalue weighted by atomic mass is 10.00. The highest BCUT2D eigenvalue weighted by Gasteiger charge is 2.25. The molecule has 6 heteroatoms. The predicted octanol–water partition coefficient (Wildman–Crippen LogP) is 2.84. The second kappa shape index (κ2) is 6.95. The highest BCUT2D eigenvalue weighted by atomic mass is 35.5. The van der Waals surface area contributed by atoms with Gasteiger partial charge in [-0.3, -0.25) is 4.79 Å². The van der Waals surface area contributed by atoms with Crippen molar-refractivity contribution in [2.24, 2.45) is 0 Å². The summed E-state index contributed by atoms with van der Waals surface area (Å²) in [4.78, 5) is 14.0. The van der Waals surface area contributed by atoms with Crippen LogP contribution in [0.15, 0.2) is 48.5 Å². The van der Waals surface area contributed by atoms with Gasteiger partial charge in [0.05, 0.1) is 5.75 Å². The van der Waals surface area contributed by atoms with Crippen LogP contribution in [-0.2, 0) is 33.4 Å². The summed E-state index contributed by atoms with van der Waals surface area (Å²) < 4.78 is 24.6. The first-order chi connectivity index (χ1) is 11.4. The van der Waals surface area contributed by atoms with Crippen molar-refractivity contribution in [1.82, 2.24) is 4.90 Å². The molecule has 0 saturated heterocycles. The largest absolute Gasteiger partial charge is 0.337 e. The number of carbonyl (C=O) groups is 1. The van der Waals surface area contributed by atoms with E-state index in [1.165, 1.54) is 5.56 Å². The van der Waals surface area contributed by atoms with Crippen LogP contribution >= 0.6 is 11.6 Å². The molecule has 0 bridgehead atoms. The third-order valence-corrected chi connectivity index (χ3v) is 5.80. The molecule has 126 valence electrons.